The minimum absolute atomic E-state index is 0.0831. The zero-order valence-electron chi connectivity index (χ0n) is 13.3. The molecule has 132 valence electrons. The van der Waals surface area contributed by atoms with Crippen molar-refractivity contribution in [1.29, 1.82) is 0 Å². The first-order valence-corrected chi connectivity index (χ1v) is 7.34. The predicted octanol–water partition coefficient (Wildman–Crippen LogP) is 1.96. The largest absolute Gasteiger partial charge is 0.481 e. The molecular weight excluding hydrogens is 334 g/mol. The van der Waals surface area contributed by atoms with Crippen molar-refractivity contribution in [2.24, 2.45) is 0 Å². The molecule has 25 heavy (non-hydrogen) atoms. The highest BCUT2D eigenvalue weighted by molar-refractivity contribution is 5.85. The quantitative estimate of drug-likeness (QED) is 0.781. The molecular formula is C17H16F2N2O4. The van der Waals surface area contributed by atoms with Crippen molar-refractivity contribution in [3.63, 3.8) is 0 Å². The zero-order valence-corrected chi connectivity index (χ0v) is 13.3. The van der Waals surface area contributed by atoms with E-state index in [9.17, 15) is 18.4 Å². The first-order valence-electron chi connectivity index (χ1n) is 7.34. The lowest BCUT2D eigenvalue weighted by atomic mass is 10.3. The number of ether oxygens (including phenoxy) is 2. The van der Waals surface area contributed by atoms with Crippen molar-refractivity contribution in [2.45, 2.75) is 13.0 Å². The maximum atomic E-state index is 13.4. The molecule has 0 saturated heterocycles. The van der Waals surface area contributed by atoms with E-state index in [1.807, 2.05) is 0 Å². The minimum atomic E-state index is -1.05. The molecule has 0 spiro atoms. The van der Waals surface area contributed by atoms with Gasteiger partial charge in [0.1, 0.15) is 0 Å². The van der Waals surface area contributed by atoms with E-state index in [4.69, 9.17) is 9.47 Å². The average Bonchev–Trinajstić information content (AvgIpc) is 2.60. The molecule has 6 nitrogen and oxygen atoms in total. The second-order valence-corrected chi connectivity index (χ2v) is 4.95. The number of carbonyl (C=O) groups is 2. The van der Waals surface area contributed by atoms with Crippen LogP contribution in [0.4, 0.5) is 8.78 Å². The van der Waals surface area contributed by atoms with Gasteiger partial charge in [0, 0.05) is 0 Å². The van der Waals surface area contributed by atoms with Gasteiger partial charge in [0.05, 0.1) is 0 Å². The summed E-state index contributed by atoms with van der Waals surface area (Å²) in [6.07, 6.45) is -1.05. The Labute approximate surface area is 142 Å². The molecule has 0 aliphatic rings. The molecule has 0 fully saturated rings. The highest BCUT2D eigenvalue weighted by Gasteiger charge is 2.17. The van der Waals surface area contributed by atoms with E-state index in [1.54, 1.807) is 12.1 Å². The number of benzene rings is 2. The van der Waals surface area contributed by atoms with Gasteiger partial charge in [0.15, 0.2) is 35.8 Å². The van der Waals surface area contributed by atoms with E-state index in [0.717, 1.165) is 0 Å². The van der Waals surface area contributed by atoms with Gasteiger partial charge in [-0.1, -0.05) is 24.3 Å². The van der Waals surface area contributed by atoms with Crippen LogP contribution in [0.25, 0.3) is 0 Å². The summed E-state index contributed by atoms with van der Waals surface area (Å²) in [4.78, 5) is 23.4. The molecule has 0 heterocycles. The number of hydrazine groups is 1. The van der Waals surface area contributed by atoms with Gasteiger partial charge in [-0.15, -0.1) is 0 Å². The van der Waals surface area contributed by atoms with Gasteiger partial charge >= 0.3 is 0 Å². The van der Waals surface area contributed by atoms with Crippen LogP contribution in [0.15, 0.2) is 48.5 Å². The van der Waals surface area contributed by atoms with Crippen LogP contribution in [-0.2, 0) is 9.59 Å². The third-order valence-electron chi connectivity index (χ3n) is 3.03. The maximum Gasteiger partial charge on any atom is 0.279 e. The highest BCUT2D eigenvalue weighted by atomic mass is 19.1. The Morgan fingerprint density at radius 1 is 0.960 bits per heavy atom. The van der Waals surface area contributed by atoms with Crippen molar-refractivity contribution in [1.82, 2.24) is 10.9 Å². The second-order valence-electron chi connectivity index (χ2n) is 4.95. The molecule has 2 amide bonds. The Balaban J connectivity index is 1.76. The summed E-state index contributed by atoms with van der Waals surface area (Å²) >= 11 is 0. The Morgan fingerprint density at radius 3 is 2.12 bits per heavy atom. The maximum absolute atomic E-state index is 13.4. The summed E-state index contributed by atoms with van der Waals surface area (Å²) in [5, 5.41) is 0. The summed E-state index contributed by atoms with van der Waals surface area (Å²) < 4.78 is 36.9. The van der Waals surface area contributed by atoms with E-state index >= 15 is 0 Å². The van der Waals surface area contributed by atoms with Crippen LogP contribution in [0, 0.1) is 11.6 Å². The van der Waals surface area contributed by atoms with Crippen LogP contribution < -0.4 is 20.3 Å². The molecule has 0 aliphatic carbocycles. The van der Waals surface area contributed by atoms with Crippen molar-refractivity contribution < 1.29 is 27.8 Å². The van der Waals surface area contributed by atoms with E-state index in [0.29, 0.717) is 0 Å². The van der Waals surface area contributed by atoms with E-state index in [1.165, 1.54) is 43.3 Å². The molecule has 0 unspecified atom stereocenters. The highest BCUT2D eigenvalue weighted by Crippen LogP contribution is 2.17. The van der Waals surface area contributed by atoms with Gasteiger partial charge in [-0.25, -0.2) is 8.78 Å². The standard InChI is InChI=1S/C17H16F2N2O4/c1-11(25-15-9-5-3-7-13(15)19)17(23)21-20-16(22)10-24-14-8-4-2-6-12(14)18/h2-9,11H,10H2,1H3,(H,20,22)(H,21,23)/t11-/m1/s1. The lowest BCUT2D eigenvalue weighted by molar-refractivity contribution is -0.133. The lowest BCUT2D eigenvalue weighted by Crippen LogP contribution is -2.48. The molecule has 0 aromatic heterocycles. The number of nitrogens with one attached hydrogen (secondary N) is 2. The number of carbonyl (C=O) groups excluding carboxylic acids is 2. The SMILES string of the molecule is C[C@@H](Oc1ccccc1F)C(=O)NNC(=O)COc1ccccc1F. The van der Waals surface area contributed by atoms with Crippen molar-refractivity contribution in [2.75, 3.05) is 6.61 Å². The molecule has 8 heteroatoms. The van der Waals surface area contributed by atoms with Gasteiger partial charge in [0.25, 0.3) is 11.8 Å². The number of hydrogen-bond acceptors (Lipinski definition) is 4. The topological polar surface area (TPSA) is 76.7 Å². The molecule has 0 aliphatic heterocycles. The van der Waals surface area contributed by atoms with Crippen LogP contribution in [0.1, 0.15) is 6.92 Å². The van der Waals surface area contributed by atoms with Crippen molar-refractivity contribution in [3.05, 3.63) is 60.2 Å². The van der Waals surface area contributed by atoms with Crippen molar-refractivity contribution in [3.8, 4) is 11.5 Å². The molecule has 0 radical (unpaired) electrons. The number of hydrogen-bond donors (Lipinski definition) is 2. The lowest BCUT2D eigenvalue weighted by Gasteiger charge is -2.15. The summed E-state index contributed by atoms with van der Waals surface area (Å²) in [5.74, 6) is -2.77. The van der Waals surface area contributed by atoms with Gasteiger partial charge in [-0.05, 0) is 31.2 Å². The third-order valence-corrected chi connectivity index (χ3v) is 3.03. The van der Waals surface area contributed by atoms with Crippen LogP contribution >= 0.6 is 0 Å². The molecule has 0 bridgehead atoms. The second kappa shape index (κ2) is 8.62. The van der Waals surface area contributed by atoms with Gasteiger partial charge in [-0.2, -0.15) is 0 Å². The molecule has 2 rings (SSSR count). The Kier molecular flexibility index (Phi) is 6.27. The Bertz CT molecular complexity index is 755. The minimum Gasteiger partial charge on any atom is -0.481 e. The van der Waals surface area contributed by atoms with E-state index < -0.39 is 36.2 Å². The Morgan fingerprint density at radius 2 is 1.52 bits per heavy atom. The number of para-hydroxylation sites is 2. The first-order chi connectivity index (χ1) is 12.0. The summed E-state index contributed by atoms with van der Waals surface area (Å²) in [5.41, 5.74) is 4.21. The first kappa shape index (κ1) is 18.2. The smallest absolute Gasteiger partial charge is 0.279 e. The van der Waals surface area contributed by atoms with Gasteiger partial charge in [-0.3, -0.25) is 20.4 Å². The van der Waals surface area contributed by atoms with Crippen LogP contribution in [0.5, 0.6) is 11.5 Å². The fourth-order valence-corrected chi connectivity index (χ4v) is 1.76. The molecule has 1 atom stereocenters. The summed E-state index contributed by atoms with van der Waals surface area (Å²) in [6, 6.07) is 11.2. The third kappa shape index (κ3) is 5.45. The molecule has 0 saturated carbocycles. The van der Waals surface area contributed by atoms with Crippen LogP contribution in [0.2, 0.25) is 0 Å². The fourth-order valence-electron chi connectivity index (χ4n) is 1.76. The predicted molar refractivity (Wildman–Crippen MR) is 84.7 cm³/mol. The number of halogens is 2. The van der Waals surface area contributed by atoms with E-state index in [-0.39, 0.29) is 11.5 Å². The Hall–Kier alpha value is -3.16. The molecule has 2 N–H and O–H groups in total. The number of rotatable bonds is 6. The summed E-state index contributed by atoms with van der Waals surface area (Å²) in [6.45, 7) is 0.896. The van der Waals surface area contributed by atoms with Crippen LogP contribution in [0.3, 0.4) is 0 Å². The summed E-state index contributed by atoms with van der Waals surface area (Å²) in [7, 11) is 0. The van der Waals surface area contributed by atoms with Gasteiger partial charge in [0.2, 0.25) is 0 Å². The van der Waals surface area contributed by atoms with Crippen LogP contribution in [-0.4, -0.2) is 24.5 Å². The van der Waals surface area contributed by atoms with E-state index in [2.05, 4.69) is 10.9 Å². The van der Waals surface area contributed by atoms with Crippen molar-refractivity contribution >= 4 is 11.8 Å². The fraction of sp³-hybridized carbons (Fsp3) is 0.176. The van der Waals surface area contributed by atoms with Gasteiger partial charge < -0.3 is 9.47 Å². The monoisotopic (exact) mass is 350 g/mol. The number of amides is 2. The molecule has 2 aromatic carbocycles. The molecule has 2 aromatic rings. The zero-order chi connectivity index (χ0) is 18.2. The average molecular weight is 350 g/mol. The normalized spacial score (nSPS) is 11.3.